The van der Waals surface area contributed by atoms with Crippen molar-refractivity contribution < 1.29 is 14.3 Å². The first kappa shape index (κ1) is 15.9. The number of aryl methyl sites for hydroxylation is 1. The third kappa shape index (κ3) is 3.84. The number of benzene rings is 2. The average molecular weight is 321 g/mol. The fourth-order valence-electron chi connectivity index (χ4n) is 2.62. The number of hydrogen-bond donors (Lipinski definition) is 2. The van der Waals surface area contributed by atoms with Gasteiger partial charge in [0.1, 0.15) is 17.6 Å². The van der Waals surface area contributed by atoms with Gasteiger partial charge in [0.05, 0.1) is 6.26 Å². The van der Waals surface area contributed by atoms with Crippen LogP contribution in [0.4, 0.5) is 0 Å². The van der Waals surface area contributed by atoms with Crippen LogP contribution < -0.4 is 5.32 Å². The number of para-hydroxylation sites is 1. The van der Waals surface area contributed by atoms with Gasteiger partial charge in [-0.15, -0.1) is 0 Å². The molecule has 2 N–H and O–H groups in total. The quantitative estimate of drug-likeness (QED) is 0.725. The number of phenols is 1. The molecule has 4 nitrogen and oxygen atoms in total. The molecule has 3 rings (SSSR count). The van der Waals surface area contributed by atoms with E-state index in [1.54, 1.807) is 24.5 Å². The van der Waals surface area contributed by atoms with Crippen LogP contribution in [-0.4, -0.2) is 11.0 Å². The molecule has 0 aliphatic heterocycles. The number of carbonyl (C=O) groups is 1. The highest BCUT2D eigenvalue weighted by Gasteiger charge is 2.19. The Morgan fingerprint density at radius 2 is 1.75 bits per heavy atom. The molecular formula is C20H19NO3. The molecule has 1 unspecified atom stereocenters. The minimum Gasteiger partial charge on any atom is -0.508 e. The summed E-state index contributed by atoms with van der Waals surface area (Å²) in [5.74, 6) is 0.816. The molecule has 24 heavy (non-hydrogen) atoms. The maximum Gasteiger partial charge on any atom is 0.221 e. The van der Waals surface area contributed by atoms with Gasteiger partial charge >= 0.3 is 0 Å². The van der Waals surface area contributed by atoms with Crippen molar-refractivity contribution in [1.82, 2.24) is 5.32 Å². The maximum atomic E-state index is 12.4. The van der Waals surface area contributed by atoms with E-state index in [9.17, 15) is 9.90 Å². The molecule has 4 heteroatoms. The van der Waals surface area contributed by atoms with E-state index in [1.165, 1.54) is 0 Å². The number of nitrogens with one attached hydrogen (secondary N) is 1. The van der Waals surface area contributed by atoms with Gasteiger partial charge in [0.15, 0.2) is 0 Å². The third-order valence-electron chi connectivity index (χ3n) is 3.88. The Morgan fingerprint density at radius 3 is 2.46 bits per heavy atom. The van der Waals surface area contributed by atoms with Crippen LogP contribution in [0, 0.1) is 0 Å². The molecule has 1 heterocycles. The number of amides is 1. The molecule has 0 aliphatic carbocycles. The average Bonchev–Trinajstić information content (AvgIpc) is 3.14. The maximum absolute atomic E-state index is 12.4. The summed E-state index contributed by atoms with van der Waals surface area (Å²) in [5, 5.41) is 12.8. The Kier molecular flexibility index (Phi) is 4.96. The molecule has 2 aromatic carbocycles. The van der Waals surface area contributed by atoms with E-state index < -0.39 is 0 Å². The fourth-order valence-corrected chi connectivity index (χ4v) is 2.62. The van der Waals surface area contributed by atoms with Crippen molar-refractivity contribution in [3.63, 3.8) is 0 Å². The zero-order chi connectivity index (χ0) is 16.8. The minimum atomic E-state index is -0.321. The lowest BCUT2D eigenvalue weighted by Gasteiger charge is -2.17. The molecule has 0 aliphatic rings. The molecule has 1 amide bonds. The van der Waals surface area contributed by atoms with E-state index >= 15 is 0 Å². The number of aromatic hydroxyl groups is 1. The van der Waals surface area contributed by atoms with E-state index in [0.717, 1.165) is 11.1 Å². The Morgan fingerprint density at radius 1 is 1.00 bits per heavy atom. The predicted molar refractivity (Wildman–Crippen MR) is 91.6 cm³/mol. The van der Waals surface area contributed by atoms with Gasteiger partial charge in [0.2, 0.25) is 5.91 Å². The van der Waals surface area contributed by atoms with Crippen LogP contribution in [-0.2, 0) is 11.2 Å². The Hall–Kier alpha value is -3.01. The molecule has 0 saturated heterocycles. The monoisotopic (exact) mass is 321 g/mol. The zero-order valence-corrected chi connectivity index (χ0v) is 13.2. The molecule has 1 atom stereocenters. The van der Waals surface area contributed by atoms with E-state index in [2.05, 4.69) is 5.32 Å². The summed E-state index contributed by atoms with van der Waals surface area (Å²) in [6.45, 7) is 0. The third-order valence-corrected chi connectivity index (χ3v) is 3.88. The standard InChI is InChI=1S/C20H19NO3/c22-17-10-5-4-7-15(17)12-13-19(23)21-20(18-11-6-14-24-18)16-8-2-1-3-9-16/h1-11,14,20,22H,12-13H2,(H,21,23). The molecule has 0 radical (unpaired) electrons. The van der Waals surface area contributed by atoms with E-state index in [4.69, 9.17) is 4.42 Å². The molecule has 0 saturated carbocycles. The van der Waals surface area contributed by atoms with Crippen molar-refractivity contribution >= 4 is 5.91 Å². The topological polar surface area (TPSA) is 62.5 Å². The smallest absolute Gasteiger partial charge is 0.221 e. The first-order chi connectivity index (χ1) is 11.7. The van der Waals surface area contributed by atoms with Gasteiger partial charge in [-0.05, 0) is 35.7 Å². The van der Waals surface area contributed by atoms with Crippen LogP contribution in [0.3, 0.4) is 0 Å². The zero-order valence-electron chi connectivity index (χ0n) is 13.2. The number of phenolic OH excluding ortho intramolecular Hbond substituents is 1. The second-order valence-corrected chi connectivity index (χ2v) is 5.56. The second-order valence-electron chi connectivity index (χ2n) is 5.56. The van der Waals surface area contributed by atoms with Crippen LogP contribution in [0.15, 0.2) is 77.4 Å². The van der Waals surface area contributed by atoms with Gasteiger partial charge in [-0.1, -0.05) is 48.5 Å². The summed E-state index contributed by atoms with van der Waals surface area (Å²) in [6.07, 6.45) is 2.37. The van der Waals surface area contributed by atoms with Crippen molar-refractivity contribution in [1.29, 1.82) is 0 Å². The Labute approximate surface area is 140 Å². The lowest BCUT2D eigenvalue weighted by Crippen LogP contribution is -2.29. The molecule has 1 aromatic heterocycles. The lowest BCUT2D eigenvalue weighted by molar-refractivity contribution is -0.121. The predicted octanol–water partition coefficient (Wildman–Crippen LogP) is 3.82. The fraction of sp³-hybridized carbons (Fsp3) is 0.150. The van der Waals surface area contributed by atoms with E-state index in [0.29, 0.717) is 18.6 Å². The van der Waals surface area contributed by atoms with Gasteiger partial charge in [-0.3, -0.25) is 4.79 Å². The molecule has 0 bridgehead atoms. The molecule has 0 fully saturated rings. The van der Waals surface area contributed by atoms with Crippen LogP contribution >= 0.6 is 0 Å². The number of furan rings is 1. The largest absolute Gasteiger partial charge is 0.508 e. The summed E-state index contributed by atoms with van der Waals surface area (Å²) in [4.78, 5) is 12.4. The number of rotatable bonds is 6. The molecular weight excluding hydrogens is 302 g/mol. The first-order valence-corrected chi connectivity index (χ1v) is 7.88. The lowest BCUT2D eigenvalue weighted by atomic mass is 10.0. The van der Waals surface area contributed by atoms with Crippen molar-refractivity contribution in [3.05, 3.63) is 89.9 Å². The highest BCUT2D eigenvalue weighted by molar-refractivity contribution is 5.77. The Balaban J connectivity index is 1.69. The van der Waals surface area contributed by atoms with Gasteiger partial charge in [0, 0.05) is 6.42 Å². The van der Waals surface area contributed by atoms with E-state index in [1.807, 2.05) is 48.5 Å². The summed E-state index contributed by atoms with van der Waals surface area (Å²) in [6, 6.07) is 20.1. The molecule has 0 spiro atoms. The van der Waals surface area contributed by atoms with Gasteiger partial charge < -0.3 is 14.8 Å². The SMILES string of the molecule is O=C(CCc1ccccc1O)NC(c1ccccc1)c1ccco1. The van der Waals surface area contributed by atoms with Crippen LogP contribution in [0.5, 0.6) is 5.75 Å². The van der Waals surface area contributed by atoms with Crippen molar-refractivity contribution in [2.75, 3.05) is 0 Å². The van der Waals surface area contributed by atoms with Gasteiger partial charge in [-0.2, -0.15) is 0 Å². The van der Waals surface area contributed by atoms with Gasteiger partial charge in [0.25, 0.3) is 0 Å². The first-order valence-electron chi connectivity index (χ1n) is 7.88. The second kappa shape index (κ2) is 7.51. The molecule has 122 valence electrons. The summed E-state index contributed by atoms with van der Waals surface area (Å²) >= 11 is 0. The highest BCUT2D eigenvalue weighted by Crippen LogP contribution is 2.23. The van der Waals surface area contributed by atoms with Crippen molar-refractivity contribution in [3.8, 4) is 5.75 Å². The summed E-state index contributed by atoms with van der Waals surface area (Å²) in [7, 11) is 0. The van der Waals surface area contributed by atoms with Crippen molar-refractivity contribution in [2.45, 2.75) is 18.9 Å². The van der Waals surface area contributed by atoms with E-state index in [-0.39, 0.29) is 17.7 Å². The van der Waals surface area contributed by atoms with Crippen LogP contribution in [0.25, 0.3) is 0 Å². The number of carbonyl (C=O) groups excluding carboxylic acids is 1. The van der Waals surface area contributed by atoms with Crippen LogP contribution in [0.1, 0.15) is 29.3 Å². The van der Waals surface area contributed by atoms with Crippen LogP contribution in [0.2, 0.25) is 0 Å². The summed E-state index contributed by atoms with van der Waals surface area (Å²) < 4.78 is 5.48. The Bertz CT molecular complexity index is 782. The summed E-state index contributed by atoms with van der Waals surface area (Å²) in [5.41, 5.74) is 1.73. The number of hydrogen-bond acceptors (Lipinski definition) is 3. The van der Waals surface area contributed by atoms with Gasteiger partial charge in [-0.25, -0.2) is 0 Å². The van der Waals surface area contributed by atoms with Crippen molar-refractivity contribution in [2.24, 2.45) is 0 Å². The molecule has 3 aromatic rings. The highest BCUT2D eigenvalue weighted by atomic mass is 16.3. The normalized spacial score (nSPS) is 11.8. The minimum absolute atomic E-state index is 0.0940.